The summed E-state index contributed by atoms with van der Waals surface area (Å²) in [7, 11) is 0. The molecule has 0 aliphatic carbocycles. The lowest BCUT2D eigenvalue weighted by molar-refractivity contribution is -0.114. The number of benzene rings is 1. The van der Waals surface area contributed by atoms with E-state index in [0.29, 0.717) is 12.2 Å². The van der Waals surface area contributed by atoms with Gasteiger partial charge in [-0.05, 0) is 23.8 Å². The minimum absolute atomic E-state index is 0.143. The number of halogens is 1. The molecule has 0 saturated heterocycles. The summed E-state index contributed by atoms with van der Waals surface area (Å²) >= 11 is 0. The summed E-state index contributed by atoms with van der Waals surface area (Å²) in [5.41, 5.74) is 1.78. The maximum Gasteiger partial charge on any atom is 0.251 e. The van der Waals surface area contributed by atoms with Gasteiger partial charge in [0.25, 0.3) is 5.91 Å². The molecule has 2 rings (SSSR count). The number of carbonyl (C=O) groups excluding carboxylic acids is 2. The van der Waals surface area contributed by atoms with Gasteiger partial charge in [0.1, 0.15) is 0 Å². The van der Waals surface area contributed by atoms with Gasteiger partial charge in [-0.15, -0.1) is 0 Å². The summed E-state index contributed by atoms with van der Waals surface area (Å²) in [5, 5.41) is 5.34. The molecule has 0 spiro atoms. The summed E-state index contributed by atoms with van der Waals surface area (Å²) in [6.45, 7) is 1.74. The number of hydrogen-bond acceptors (Lipinski definition) is 3. The van der Waals surface area contributed by atoms with E-state index >= 15 is 0 Å². The number of amides is 2. The van der Waals surface area contributed by atoms with Gasteiger partial charge in [-0.1, -0.05) is 12.1 Å². The van der Waals surface area contributed by atoms with Gasteiger partial charge in [-0.2, -0.15) is 4.39 Å². The number of pyridine rings is 1. The third kappa shape index (κ3) is 4.38. The molecule has 0 aliphatic rings. The molecule has 1 aromatic heterocycles. The lowest BCUT2D eigenvalue weighted by Crippen LogP contribution is -2.23. The van der Waals surface area contributed by atoms with E-state index in [1.807, 2.05) is 0 Å². The van der Waals surface area contributed by atoms with E-state index < -0.39 is 5.95 Å². The molecule has 0 aliphatic heterocycles. The van der Waals surface area contributed by atoms with Crippen LogP contribution in [-0.4, -0.2) is 16.8 Å². The molecule has 0 fully saturated rings. The largest absolute Gasteiger partial charge is 0.348 e. The fourth-order valence-corrected chi connectivity index (χ4v) is 1.74. The highest BCUT2D eigenvalue weighted by Crippen LogP contribution is 2.09. The Morgan fingerprint density at radius 2 is 1.90 bits per heavy atom. The Kier molecular flexibility index (Phi) is 4.61. The van der Waals surface area contributed by atoms with Crippen LogP contribution in [0.3, 0.4) is 0 Å². The van der Waals surface area contributed by atoms with E-state index in [4.69, 9.17) is 0 Å². The minimum atomic E-state index is -0.692. The maximum absolute atomic E-state index is 12.9. The van der Waals surface area contributed by atoms with Gasteiger partial charge < -0.3 is 10.6 Å². The highest BCUT2D eigenvalue weighted by molar-refractivity contribution is 5.94. The Labute approximate surface area is 121 Å². The Hall–Kier alpha value is -2.76. The molecule has 2 aromatic rings. The number of aromatic nitrogens is 1. The van der Waals surface area contributed by atoms with Crippen LogP contribution in [0.2, 0.25) is 0 Å². The second-order valence-electron chi connectivity index (χ2n) is 4.43. The summed E-state index contributed by atoms with van der Waals surface area (Å²) in [5.74, 6) is -1.21. The Balaban J connectivity index is 1.93. The van der Waals surface area contributed by atoms with E-state index in [-0.39, 0.29) is 17.4 Å². The van der Waals surface area contributed by atoms with Gasteiger partial charge in [0.05, 0.1) is 0 Å². The first-order chi connectivity index (χ1) is 10.0. The molecule has 6 heteroatoms. The van der Waals surface area contributed by atoms with Gasteiger partial charge in [-0.3, -0.25) is 9.59 Å². The smallest absolute Gasteiger partial charge is 0.251 e. The molecule has 0 atom stereocenters. The number of rotatable bonds is 4. The van der Waals surface area contributed by atoms with Gasteiger partial charge in [0.2, 0.25) is 11.9 Å². The van der Waals surface area contributed by atoms with Crippen molar-refractivity contribution in [1.82, 2.24) is 10.3 Å². The second-order valence-corrected chi connectivity index (χ2v) is 4.43. The predicted molar refractivity (Wildman–Crippen MR) is 76.1 cm³/mol. The normalized spacial score (nSPS) is 10.0. The molecule has 108 valence electrons. The van der Waals surface area contributed by atoms with Crippen LogP contribution in [0.15, 0.2) is 42.6 Å². The van der Waals surface area contributed by atoms with Crippen LogP contribution in [0.4, 0.5) is 10.1 Å². The topological polar surface area (TPSA) is 71.1 Å². The quantitative estimate of drug-likeness (QED) is 0.846. The van der Waals surface area contributed by atoms with E-state index in [1.165, 1.54) is 19.2 Å². The van der Waals surface area contributed by atoms with Crippen molar-refractivity contribution >= 4 is 17.5 Å². The lowest BCUT2D eigenvalue weighted by atomic mass is 10.2. The zero-order valence-electron chi connectivity index (χ0n) is 11.4. The maximum atomic E-state index is 12.9. The number of anilines is 1. The molecule has 0 radical (unpaired) electrons. The van der Waals surface area contributed by atoms with Crippen molar-refractivity contribution in [2.24, 2.45) is 0 Å². The highest BCUT2D eigenvalue weighted by Gasteiger charge is 2.06. The van der Waals surface area contributed by atoms with E-state index in [1.54, 1.807) is 24.3 Å². The molecular formula is C15H14FN3O2. The molecule has 1 heterocycles. The molecule has 0 unspecified atom stereocenters. The average molecular weight is 287 g/mol. The standard InChI is InChI=1S/C15H14FN3O2/c1-10(20)19-13-4-2-11(3-5-13)9-18-15(21)12-6-7-17-14(16)8-12/h2-8H,9H2,1H3,(H,18,21)(H,19,20). The third-order valence-electron chi connectivity index (χ3n) is 2.72. The monoisotopic (exact) mass is 287 g/mol. The van der Waals surface area contributed by atoms with Gasteiger partial charge in [-0.25, -0.2) is 4.98 Å². The molecule has 2 N–H and O–H groups in total. The molecule has 0 bridgehead atoms. The Morgan fingerprint density at radius 3 is 2.52 bits per heavy atom. The van der Waals surface area contributed by atoms with Crippen LogP contribution < -0.4 is 10.6 Å². The zero-order chi connectivity index (χ0) is 15.2. The summed E-state index contributed by atoms with van der Waals surface area (Å²) in [4.78, 5) is 26.1. The van der Waals surface area contributed by atoms with Crippen molar-refractivity contribution < 1.29 is 14.0 Å². The van der Waals surface area contributed by atoms with E-state index in [9.17, 15) is 14.0 Å². The van der Waals surface area contributed by atoms with Crippen LogP contribution in [0.25, 0.3) is 0 Å². The minimum Gasteiger partial charge on any atom is -0.348 e. The molecule has 0 saturated carbocycles. The number of carbonyl (C=O) groups is 2. The van der Waals surface area contributed by atoms with Crippen LogP contribution in [-0.2, 0) is 11.3 Å². The van der Waals surface area contributed by atoms with Crippen molar-refractivity contribution in [3.63, 3.8) is 0 Å². The zero-order valence-corrected chi connectivity index (χ0v) is 11.4. The summed E-state index contributed by atoms with van der Waals surface area (Å²) < 4.78 is 12.9. The Morgan fingerprint density at radius 1 is 1.19 bits per heavy atom. The lowest BCUT2D eigenvalue weighted by Gasteiger charge is -2.07. The number of nitrogens with zero attached hydrogens (tertiary/aromatic N) is 1. The number of nitrogens with one attached hydrogen (secondary N) is 2. The molecule has 2 amide bonds. The first kappa shape index (κ1) is 14.6. The van der Waals surface area contributed by atoms with Crippen molar-refractivity contribution in [2.75, 3.05) is 5.32 Å². The molecule has 5 nitrogen and oxygen atoms in total. The second kappa shape index (κ2) is 6.60. The molecule has 21 heavy (non-hydrogen) atoms. The fourth-order valence-electron chi connectivity index (χ4n) is 1.74. The van der Waals surface area contributed by atoms with E-state index in [2.05, 4.69) is 15.6 Å². The average Bonchev–Trinajstić information content (AvgIpc) is 2.45. The summed E-state index contributed by atoms with van der Waals surface area (Å²) in [6.07, 6.45) is 1.24. The van der Waals surface area contributed by atoms with Crippen molar-refractivity contribution in [3.8, 4) is 0 Å². The fraction of sp³-hybridized carbons (Fsp3) is 0.133. The first-order valence-corrected chi connectivity index (χ1v) is 6.31. The SMILES string of the molecule is CC(=O)Nc1ccc(CNC(=O)c2ccnc(F)c2)cc1. The molecular weight excluding hydrogens is 273 g/mol. The molecule has 1 aromatic carbocycles. The van der Waals surface area contributed by atoms with Gasteiger partial charge in [0.15, 0.2) is 0 Å². The third-order valence-corrected chi connectivity index (χ3v) is 2.72. The van der Waals surface area contributed by atoms with Crippen LogP contribution in [0, 0.1) is 5.95 Å². The van der Waals surface area contributed by atoms with Crippen molar-refractivity contribution in [2.45, 2.75) is 13.5 Å². The predicted octanol–water partition coefficient (Wildman–Crippen LogP) is 2.11. The van der Waals surface area contributed by atoms with Crippen LogP contribution in [0.1, 0.15) is 22.8 Å². The van der Waals surface area contributed by atoms with Crippen LogP contribution in [0.5, 0.6) is 0 Å². The van der Waals surface area contributed by atoms with Crippen molar-refractivity contribution in [1.29, 1.82) is 0 Å². The van der Waals surface area contributed by atoms with E-state index in [0.717, 1.165) is 11.6 Å². The highest BCUT2D eigenvalue weighted by atomic mass is 19.1. The van der Waals surface area contributed by atoms with Gasteiger partial charge >= 0.3 is 0 Å². The summed E-state index contributed by atoms with van der Waals surface area (Å²) in [6, 6.07) is 9.59. The number of hydrogen-bond donors (Lipinski definition) is 2. The van der Waals surface area contributed by atoms with Gasteiger partial charge in [0, 0.05) is 37.0 Å². The van der Waals surface area contributed by atoms with Crippen molar-refractivity contribution in [3.05, 3.63) is 59.7 Å². The first-order valence-electron chi connectivity index (χ1n) is 6.31. The Bertz CT molecular complexity index is 656. The van der Waals surface area contributed by atoms with Crippen LogP contribution >= 0.6 is 0 Å².